The zero-order chi connectivity index (χ0) is 12.4. The van der Waals surface area contributed by atoms with E-state index in [0.717, 1.165) is 5.39 Å². The van der Waals surface area contributed by atoms with E-state index in [1.54, 1.807) is 26.0 Å². The third-order valence-electron chi connectivity index (χ3n) is 2.45. The van der Waals surface area contributed by atoms with E-state index in [1.807, 2.05) is 18.2 Å². The highest BCUT2D eigenvalue weighted by Crippen LogP contribution is 2.27. The predicted molar refractivity (Wildman–Crippen MR) is 66.2 cm³/mol. The maximum Gasteiger partial charge on any atom is 0.342 e. The highest BCUT2D eigenvalue weighted by molar-refractivity contribution is 6.06. The second-order valence-electron chi connectivity index (χ2n) is 4.13. The normalized spacial score (nSPS) is 10.8. The third kappa shape index (κ3) is 2.23. The molecule has 0 aliphatic carbocycles. The van der Waals surface area contributed by atoms with E-state index in [9.17, 15) is 9.90 Å². The highest BCUT2D eigenvalue weighted by Gasteiger charge is 2.17. The first-order valence-corrected chi connectivity index (χ1v) is 5.51. The summed E-state index contributed by atoms with van der Waals surface area (Å²) < 4.78 is 5.13. The number of carbonyl (C=O) groups is 1. The Bertz CT molecular complexity index is 558. The molecule has 0 unspecified atom stereocenters. The Morgan fingerprint density at radius 2 is 1.88 bits per heavy atom. The first-order valence-electron chi connectivity index (χ1n) is 5.51. The van der Waals surface area contributed by atoms with Crippen LogP contribution < -0.4 is 0 Å². The van der Waals surface area contributed by atoms with Crippen molar-refractivity contribution in [3.63, 3.8) is 0 Å². The van der Waals surface area contributed by atoms with Crippen molar-refractivity contribution in [3.8, 4) is 5.75 Å². The lowest BCUT2D eigenvalue weighted by Gasteiger charge is -2.11. The molecule has 0 saturated carbocycles. The van der Waals surface area contributed by atoms with Gasteiger partial charge in [0.15, 0.2) is 0 Å². The molecule has 2 rings (SSSR count). The molecule has 0 amide bonds. The van der Waals surface area contributed by atoms with Crippen LogP contribution >= 0.6 is 0 Å². The molecule has 3 nitrogen and oxygen atoms in total. The largest absolute Gasteiger partial charge is 0.507 e. The Kier molecular flexibility index (Phi) is 3.00. The zero-order valence-electron chi connectivity index (χ0n) is 9.81. The van der Waals surface area contributed by atoms with Crippen molar-refractivity contribution in [2.45, 2.75) is 20.0 Å². The number of phenols is 1. The van der Waals surface area contributed by atoms with Crippen LogP contribution in [0.1, 0.15) is 24.2 Å². The van der Waals surface area contributed by atoms with Crippen LogP contribution in [0.5, 0.6) is 5.75 Å². The first kappa shape index (κ1) is 11.5. The minimum atomic E-state index is -0.491. The van der Waals surface area contributed by atoms with E-state index in [0.29, 0.717) is 5.39 Å². The standard InChI is InChI=1S/C14H14O3/c1-9(2)17-14(16)13-11-6-4-3-5-10(11)7-8-12(13)15/h3-9,15H,1-2H3. The Morgan fingerprint density at radius 3 is 2.59 bits per heavy atom. The van der Waals surface area contributed by atoms with E-state index in [4.69, 9.17) is 4.74 Å². The molecule has 0 aliphatic rings. The Hall–Kier alpha value is -2.03. The molecule has 3 heteroatoms. The van der Waals surface area contributed by atoms with Crippen LogP contribution in [0.25, 0.3) is 10.8 Å². The lowest BCUT2D eigenvalue weighted by molar-refractivity contribution is 0.0377. The quantitative estimate of drug-likeness (QED) is 0.806. The van der Waals surface area contributed by atoms with E-state index < -0.39 is 5.97 Å². The molecule has 1 N–H and O–H groups in total. The highest BCUT2D eigenvalue weighted by atomic mass is 16.5. The number of hydrogen-bond donors (Lipinski definition) is 1. The van der Waals surface area contributed by atoms with Crippen molar-refractivity contribution >= 4 is 16.7 Å². The van der Waals surface area contributed by atoms with Gasteiger partial charge in [-0.2, -0.15) is 0 Å². The van der Waals surface area contributed by atoms with Crippen molar-refractivity contribution in [1.82, 2.24) is 0 Å². The lowest BCUT2D eigenvalue weighted by Crippen LogP contribution is -2.12. The first-order chi connectivity index (χ1) is 8.09. The number of rotatable bonds is 2. The zero-order valence-corrected chi connectivity index (χ0v) is 9.81. The van der Waals surface area contributed by atoms with Crippen LogP contribution in [0.2, 0.25) is 0 Å². The number of hydrogen-bond acceptors (Lipinski definition) is 3. The fourth-order valence-corrected chi connectivity index (χ4v) is 1.75. The lowest BCUT2D eigenvalue weighted by atomic mass is 10.0. The summed E-state index contributed by atoms with van der Waals surface area (Å²) in [6, 6.07) is 10.7. The minimum absolute atomic E-state index is 0.0469. The maximum atomic E-state index is 11.9. The van der Waals surface area contributed by atoms with Crippen molar-refractivity contribution in [3.05, 3.63) is 42.0 Å². The molecular formula is C14H14O3. The van der Waals surface area contributed by atoms with Crippen molar-refractivity contribution in [2.24, 2.45) is 0 Å². The summed E-state index contributed by atoms with van der Waals surface area (Å²) in [5.41, 5.74) is 0.233. The van der Waals surface area contributed by atoms with Crippen molar-refractivity contribution in [1.29, 1.82) is 0 Å². The number of fused-ring (bicyclic) bond motifs is 1. The van der Waals surface area contributed by atoms with Crippen molar-refractivity contribution < 1.29 is 14.6 Å². The molecule has 0 spiro atoms. The summed E-state index contributed by atoms with van der Waals surface area (Å²) in [6.07, 6.45) is -0.208. The second kappa shape index (κ2) is 4.45. The van der Waals surface area contributed by atoms with Gasteiger partial charge in [0.05, 0.1) is 6.10 Å². The van der Waals surface area contributed by atoms with Gasteiger partial charge in [-0.15, -0.1) is 0 Å². The Morgan fingerprint density at radius 1 is 1.18 bits per heavy atom. The summed E-state index contributed by atoms with van der Waals surface area (Å²) >= 11 is 0. The SMILES string of the molecule is CC(C)OC(=O)c1c(O)ccc2ccccc12. The fourth-order valence-electron chi connectivity index (χ4n) is 1.75. The summed E-state index contributed by atoms with van der Waals surface area (Å²) in [7, 11) is 0. The average Bonchev–Trinajstić information content (AvgIpc) is 2.27. The summed E-state index contributed by atoms with van der Waals surface area (Å²) in [6.45, 7) is 3.56. The summed E-state index contributed by atoms with van der Waals surface area (Å²) in [4.78, 5) is 11.9. The van der Waals surface area contributed by atoms with Crippen LogP contribution in [0.15, 0.2) is 36.4 Å². The number of benzene rings is 2. The molecular weight excluding hydrogens is 216 g/mol. The molecule has 0 aromatic heterocycles. The van der Waals surface area contributed by atoms with Gasteiger partial charge in [0.25, 0.3) is 0 Å². The molecule has 17 heavy (non-hydrogen) atoms. The molecule has 88 valence electrons. The number of carbonyl (C=O) groups excluding carboxylic acids is 1. The van der Waals surface area contributed by atoms with E-state index in [2.05, 4.69) is 0 Å². The van der Waals surface area contributed by atoms with E-state index in [1.165, 1.54) is 6.07 Å². The molecule has 0 bridgehead atoms. The van der Waals surface area contributed by atoms with Gasteiger partial charge in [-0.05, 0) is 30.7 Å². The topological polar surface area (TPSA) is 46.5 Å². The summed E-state index contributed by atoms with van der Waals surface area (Å²) in [5.74, 6) is -0.538. The van der Waals surface area contributed by atoms with Crippen molar-refractivity contribution in [2.75, 3.05) is 0 Å². The molecule has 0 saturated heterocycles. The van der Waals surface area contributed by atoms with Crippen LogP contribution in [-0.2, 0) is 4.74 Å². The molecule has 0 heterocycles. The summed E-state index contributed by atoms with van der Waals surface area (Å²) in [5, 5.41) is 11.4. The van der Waals surface area contributed by atoms with E-state index in [-0.39, 0.29) is 17.4 Å². The predicted octanol–water partition coefficient (Wildman–Crippen LogP) is 3.11. The smallest absolute Gasteiger partial charge is 0.342 e. The second-order valence-corrected chi connectivity index (χ2v) is 4.13. The van der Waals surface area contributed by atoms with Gasteiger partial charge in [0.2, 0.25) is 0 Å². The average molecular weight is 230 g/mol. The third-order valence-corrected chi connectivity index (χ3v) is 2.45. The number of ether oxygens (including phenoxy) is 1. The number of aromatic hydroxyl groups is 1. The Balaban J connectivity index is 2.58. The van der Waals surface area contributed by atoms with Crippen LogP contribution in [0.4, 0.5) is 0 Å². The molecule has 0 fully saturated rings. The van der Waals surface area contributed by atoms with Crippen LogP contribution in [0.3, 0.4) is 0 Å². The molecule has 2 aromatic carbocycles. The van der Waals surface area contributed by atoms with Crippen LogP contribution in [0, 0.1) is 0 Å². The molecule has 0 atom stereocenters. The number of phenolic OH excluding ortho intramolecular Hbond substituents is 1. The van der Waals surface area contributed by atoms with Gasteiger partial charge in [-0.25, -0.2) is 4.79 Å². The van der Waals surface area contributed by atoms with Gasteiger partial charge >= 0.3 is 5.97 Å². The fraction of sp³-hybridized carbons (Fsp3) is 0.214. The van der Waals surface area contributed by atoms with Gasteiger partial charge in [-0.1, -0.05) is 30.3 Å². The van der Waals surface area contributed by atoms with E-state index >= 15 is 0 Å². The van der Waals surface area contributed by atoms with Crippen LogP contribution in [-0.4, -0.2) is 17.2 Å². The van der Waals surface area contributed by atoms with Gasteiger partial charge in [-0.3, -0.25) is 0 Å². The number of esters is 1. The maximum absolute atomic E-state index is 11.9. The molecule has 2 aromatic rings. The van der Waals surface area contributed by atoms with Gasteiger partial charge in [0, 0.05) is 0 Å². The molecule has 0 radical (unpaired) electrons. The monoisotopic (exact) mass is 230 g/mol. The van der Waals surface area contributed by atoms with Gasteiger partial charge in [0.1, 0.15) is 11.3 Å². The minimum Gasteiger partial charge on any atom is -0.507 e. The van der Waals surface area contributed by atoms with Gasteiger partial charge < -0.3 is 9.84 Å². The Labute approximate surface area is 99.6 Å². The molecule has 0 aliphatic heterocycles.